The third kappa shape index (κ3) is 6.73. The van der Waals surface area contributed by atoms with Gasteiger partial charge in [0.25, 0.3) is 0 Å². The van der Waals surface area contributed by atoms with Gasteiger partial charge in [-0.3, -0.25) is 0 Å². The van der Waals surface area contributed by atoms with Gasteiger partial charge >= 0.3 is 6.36 Å². The number of rotatable bonds is 7. The van der Waals surface area contributed by atoms with Crippen molar-refractivity contribution in [3.8, 4) is 5.75 Å². The van der Waals surface area contributed by atoms with Crippen molar-refractivity contribution in [1.29, 1.82) is 0 Å². The molecule has 1 rings (SSSR count). The molecule has 1 N–H and O–H groups in total. The van der Waals surface area contributed by atoms with Crippen molar-refractivity contribution < 1.29 is 17.9 Å². The number of ether oxygens (including phenoxy) is 1. The summed E-state index contributed by atoms with van der Waals surface area (Å²) in [7, 11) is 0. The predicted molar refractivity (Wildman–Crippen MR) is 72.7 cm³/mol. The minimum absolute atomic E-state index is 0.180. The summed E-state index contributed by atoms with van der Waals surface area (Å²) >= 11 is 1.74. The number of thioether (sulfide) groups is 1. The molecular weight excluding hydrogens is 275 g/mol. The summed E-state index contributed by atoms with van der Waals surface area (Å²) < 4.78 is 39.9. The van der Waals surface area contributed by atoms with Crippen LogP contribution in [0.2, 0.25) is 0 Å². The van der Waals surface area contributed by atoms with Crippen LogP contribution in [-0.2, 0) is 6.42 Å². The number of halogens is 3. The molecule has 1 aromatic rings. The average molecular weight is 293 g/mol. The lowest BCUT2D eigenvalue weighted by molar-refractivity contribution is -0.274. The van der Waals surface area contributed by atoms with Gasteiger partial charge in [0.2, 0.25) is 0 Å². The van der Waals surface area contributed by atoms with Gasteiger partial charge in [0, 0.05) is 11.8 Å². The standard InChI is InChI=1S/C13H18F3NOS/c1-3-17-11(9-19-2)8-10-4-6-12(7-5-10)18-13(14,15)16/h4-7,11,17H,3,8-9H2,1-2H3. The topological polar surface area (TPSA) is 21.3 Å². The van der Waals surface area contributed by atoms with Gasteiger partial charge in [-0.25, -0.2) is 0 Å². The summed E-state index contributed by atoms with van der Waals surface area (Å²) in [5.74, 6) is 0.787. The second kappa shape index (κ2) is 7.65. The Bertz CT molecular complexity index is 361. The van der Waals surface area contributed by atoms with Gasteiger partial charge in [-0.15, -0.1) is 13.2 Å². The SMILES string of the molecule is CCNC(CSC)Cc1ccc(OC(F)(F)F)cc1. The van der Waals surface area contributed by atoms with Crippen LogP contribution in [0.4, 0.5) is 13.2 Å². The van der Waals surface area contributed by atoms with Gasteiger partial charge in [-0.2, -0.15) is 11.8 Å². The van der Waals surface area contributed by atoms with E-state index in [1.807, 2.05) is 13.2 Å². The smallest absolute Gasteiger partial charge is 0.406 e. The first-order valence-electron chi connectivity index (χ1n) is 6.01. The number of benzene rings is 1. The van der Waals surface area contributed by atoms with Crippen molar-refractivity contribution in [3.05, 3.63) is 29.8 Å². The van der Waals surface area contributed by atoms with E-state index in [9.17, 15) is 13.2 Å². The van der Waals surface area contributed by atoms with E-state index in [1.54, 1.807) is 23.9 Å². The highest BCUT2D eigenvalue weighted by Crippen LogP contribution is 2.23. The van der Waals surface area contributed by atoms with Crippen molar-refractivity contribution >= 4 is 11.8 Å². The molecule has 0 amide bonds. The Morgan fingerprint density at radius 3 is 2.37 bits per heavy atom. The third-order valence-electron chi connectivity index (χ3n) is 2.50. The maximum absolute atomic E-state index is 12.0. The fourth-order valence-corrected chi connectivity index (χ4v) is 2.43. The Balaban J connectivity index is 2.60. The third-order valence-corrected chi connectivity index (χ3v) is 3.24. The van der Waals surface area contributed by atoms with Gasteiger partial charge in [-0.05, 0) is 36.9 Å². The normalized spacial score (nSPS) is 13.3. The van der Waals surface area contributed by atoms with Crippen LogP contribution in [0.15, 0.2) is 24.3 Å². The predicted octanol–water partition coefficient (Wildman–Crippen LogP) is 3.47. The van der Waals surface area contributed by atoms with Gasteiger partial charge in [0.15, 0.2) is 0 Å². The molecule has 1 atom stereocenters. The van der Waals surface area contributed by atoms with Crippen LogP contribution in [0.1, 0.15) is 12.5 Å². The molecule has 108 valence electrons. The Morgan fingerprint density at radius 2 is 1.89 bits per heavy atom. The lowest BCUT2D eigenvalue weighted by atomic mass is 10.1. The van der Waals surface area contributed by atoms with Crippen LogP contribution >= 0.6 is 11.8 Å². The molecule has 6 heteroatoms. The first kappa shape index (κ1) is 16.2. The van der Waals surface area contributed by atoms with E-state index >= 15 is 0 Å². The van der Waals surface area contributed by atoms with Crippen LogP contribution in [0.25, 0.3) is 0 Å². The molecule has 1 unspecified atom stereocenters. The zero-order chi connectivity index (χ0) is 14.3. The molecule has 0 saturated heterocycles. The number of nitrogens with one attached hydrogen (secondary N) is 1. The van der Waals surface area contributed by atoms with Crippen LogP contribution in [0.5, 0.6) is 5.75 Å². The van der Waals surface area contributed by atoms with Crippen LogP contribution < -0.4 is 10.1 Å². The molecule has 0 spiro atoms. The van der Waals surface area contributed by atoms with E-state index in [0.717, 1.165) is 24.3 Å². The minimum Gasteiger partial charge on any atom is -0.406 e. The highest BCUT2D eigenvalue weighted by molar-refractivity contribution is 7.98. The molecule has 19 heavy (non-hydrogen) atoms. The van der Waals surface area contributed by atoms with E-state index in [4.69, 9.17) is 0 Å². The Hall–Kier alpha value is -0.880. The summed E-state index contributed by atoms with van der Waals surface area (Å²) in [6.45, 7) is 2.91. The summed E-state index contributed by atoms with van der Waals surface area (Å²) in [4.78, 5) is 0. The summed E-state index contributed by atoms with van der Waals surface area (Å²) in [5, 5.41) is 3.35. The Kier molecular flexibility index (Phi) is 6.51. The molecule has 0 aromatic heterocycles. The van der Waals surface area contributed by atoms with E-state index < -0.39 is 6.36 Å². The molecule has 1 aromatic carbocycles. The number of hydrogen-bond donors (Lipinski definition) is 1. The quantitative estimate of drug-likeness (QED) is 0.832. The highest BCUT2D eigenvalue weighted by Gasteiger charge is 2.30. The monoisotopic (exact) mass is 293 g/mol. The van der Waals surface area contributed by atoms with Crippen LogP contribution in [-0.4, -0.2) is 31.0 Å². The molecular formula is C13H18F3NOS. The first-order chi connectivity index (χ1) is 8.94. The zero-order valence-electron chi connectivity index (χ0n) is 11.0. The summed E-state index contributed by atoms with van der Waals surface area (Å²) in [5.41, 5.74) is 0.995. The van der Waals surface area contributed by atoms with Crippen LogP contribution in [0, 0.1) is 0 Å². The second-order valence-electron chi connectivity index (χ2n) is 4.11. The molecule has 0 aliphatic rings. The molecule has 0 radical (unpaired) electrons. The molecule has 0 fully saturated rings. The maximum atomic E-state index is 12.0. The van der Waals surface area contributed by atoms with Crippen LogP contribution in [0.3, 0.4) is 0 Å². The average Bonchev–Trinajstić information content (AvgIpc) is 2.30. The molecule has 0 aliphatic carbocycles. The van der Waals surface area contributed by atoms with Crippen molar-refractivity contribution in [2.24, 2.45) is 0 Å². The van der Waals surface area contributed by atoms with Gasteiger partial charge in [0.05, 0.1) is 0 Å². The molecule has 0 bridgehead atoms. The molecule has 0 saturated carbocycles. The Morgan fingerprint density at radius 1 is 1.26 bits per heavy atom. The van der Waals surface area contributed by atoms with Crippen molar-refractivity contribution in [2.75, 3.05) is 18.6 Å². The lowest BCUT2D eigenvalue weighted by Crippen LogP contribution is -2.33. The van der Waals surface area contributed by atoms with E-state index in [0.29, 0.717) is 6.04 Å². The summed E-state index contributed by atoms with van der Waals surface area (Å²) in [6.07, 6.45) is -1.81. The van der Waals surface area contributed by atoms with Crippen molar-refractivity contribution in [2.45, 2.75) is 25.7 Å². The molecule has 0 aliphatic heterocycles. The number of hydrogen-bond acceptors (Lipinski definition) is 3. The molecule has 2 nitrogen and oxygen atoms in total. The second-order valence-corrected chi connectivity index (χ2v) is 5.02. The van der Waals surface area contributed by atoms with Crippen molar-refractivity contribution in [1.82, 2.24) is 5.32 Å². The largest absolute Gasteiger partial charge is 0.573 e. The van der Waals surface area contributed by atoms with E-state index in [2.05, 4.69) is 10.1 Å². The maximum Gasteiger partial charge on any atom is 0.573 e. The fourth-order valence-electron chi connectivity index (χ4n) is 1.79. The number of alkyl halides is 3. The highest BCUT2D eigenvalue weighted by atomic mass is 32.2. The minimum atomic E-state index is -4.63. The Labute approximate surface area is 115 Å². The molecule has 0 heterocycles. The van der Waals surface area contributed by atoms with Gasteiger partial charge in [-0.1, -0.05) is 19.1 Å². The number of likely N-dealkylation sites (N-methyl/N-ethyl adjacent to an activating group) is 1. The fraction of sp³-hybridized carbons (Fsp3) is 0.538. The van der Waals surface area contributed by atoms with E-state index in [1.165, 1.54) is 12.1 Å². The zero-order valence-corrected chi connectivity index (χ0v) is 11.8. The van der Waals surface area contributed by atoms with E-state index in [-0.39, 0.29) is 5.75 Å². The van der Waals surface area contributed by atoms with Gasteiger partial charge < -0.3 is 10.1 Å². The van der Waals surface area contributed by atoms with Crippen molar-refractivity contribution in [3.63, 3.8) is 0 Å². The summed E-state index contributed by atoms with van der Waals surface area (Å²) in [6, 6.07) is 6.38. The lowest BCUT2D eigenvalue weighted by Gasteiger charge is -2.17. The van der Waals surface area contributed by atoms with Gasteiger partial charge in [0.1, 0.15) is 5.75 Å². The first-order valence-corrected chi connectivity index (χ1v) is 7.41.